The van der Waals surface area contributed by atoms with E-state index in [0.29, 0.717) is 9.50 Å². The van der Waals surface area contributed by atoms with Crippen molar-refractivity contribution in [2.24, 2.45) is 0 Å². The third-order valence-corrected chi connectivity index (χ3v) is 3.39. The van der Waals surface area contributed by atoms with Crippen LogP contribution in [0.3, 0.4) is 0 Å². The fourth-order valence-corrected chi connectivity index (χ4v) is 2.33. The van der Waals surface area contributed by atoms with Crippen molar-refractivity contribution in [3.8, 4) is 0 Å². The maximum Gasteiger partial charge on any atom is 0.418 e. The number of nitrogens with one attached hydrogen (secondary N) is 1. The van der Waals surface area contributed by atoms with Crippen LogP contribution < -0.4 is 5.32 Å². The maximum absolute atomic E-state index is 12.9. The van der Waals surface area contributed by atoms with Gasteiger partial charge in [0.15, 0.2) is 0 Å². The highest BCUT2D eigenvalue weighted by Gasteiger charge is 2.33. The van der Waals surface area contributed by atoms with Crippen LogP contribution in [0.5, 0.6) is 0 Å². The molecular formula is C14H10BrClF3N. The predicted molar refractivity (Wildman–Crippen MR) is 77.9 cm³/mol. The van der Waals surface area contributed by atoms with Crippen molar-refractivity contribution in [3.05, 3.63) is 63.1 Å². The number of anilines is 1. The fourth-order valence-electron chi connectivity index (χ4n) is 1.75. The first-order valence-electron chi connectivity index (χ1n) is 5.71. The Balaban J connectivity index is 2.22. The van der Waals surface area contributed by atoms with Gasteiger partial charge in [-0.05, 0) is 35.9 Å². The third-order valence-electron chi connectivity index (χ3n) is 2.66. The molecule has 0 bridgehead atoms. The normalized spacial score (nSPS) is 11.4. The van der Waals surface area contributed by atoms with Crippen molar-refractivity contribution in [1.82, 2.24) is 0 Å². The number of hydrogen-bond donors (Lipinski definition) is 1. The van der Waals surface area contributed by atoms with E-state index in [1.54, 1.807) is 24.3 Å². The molecular weight excluding hydrogens is 355 g/mol. The smallest absolute Gasteiger partial charge is 0.380 e. The number of alkyl halides is 3. The van der Waals surface area contributed by atoms with E-state index in [0.717, 1.165) is 11.6 Å². The van der Waals surface area contributed by atoms with Gasteiger partial charge in [0.2, 0.25) is 0 Å². The Hall–Kier alpha value is -1.20. The monoisotopic (exact) mass is 363 g/mol. The van der Waals surface area contributed by atoms with Crippen molar-refractivity contribution >= 4 is 33.2 Å². The summed E-state index contributed by atoms with van der Waals surface area (Å²) in [5.41, 5.74) is 0.153. The van der Waals surface area contributed by atoms with Crippen molar-refractivity contribution in [2.75, 3.05) is 5.32 Å². The highest BCUT2D eigenvalue weighted by molar-refractivity contribution is 9.10. The van der Waals surface area contributed by atoms with E-state index in [1.807, 2.05) is 0 Å². The van der Waals surface area contributed by atoms with Crippen molar-refractivity contribution in [2.45, 2.75) is 12.7 Å². The summed E-state index contributed by atoms with van der Waals surface area (Å²) in [5.74, 6) is 0. The summed E-state index contributed by atoms with van der Waals surface area (Å²) >= 11 is 9.01. The topological polar surface area (TPSA) is 12.0 Å². The molecule has 106 valence electrons. The van der Waals surface area contributed by atoms with Crippen LogP contribution in [-0.4, -0.2) is 0 Å². The molecule has 0 atom stereocenters. The molecule has 0 saturated carbocycles. The van der Waals surface area contributed by atoms with E-state index < -0.39 is 11.7 Å². The van der Waals surface area contributed by atoms with Gasteiger partial charge in [-0.15, -0.1) is 0 Å². The summed E-state index contributed by atoms with van der Waals surface area (Å²) in [6.45, 7) is 0.264. The zero-order valence-electron chi connectivity index (χ0n) is 10.1. The first-order valence-corrected chi connectivity index (χ1v) is 6.88. The standard InChI is InChI=1S/C14H10BrClF3N/c15-10-4-5-12(14(17,18)19)13(7-10)20-8-9-2-1-3-11(16)6-9/h1-7,20H,8H2. The lowest BCUT2D eigenvalue weighted by Gasteiger charge is -2.15. The van der Waals surface area contributed by atoms with E-state index >= 15 is 0 Å². The summed E-state index contributed by atoms with van der Waals surface area (Å²) in [4.78, 5) is 0. The Morgan fingerprint density at radius 2 is 1.85 bits per heavy atom. The Kier molecular flexibility index (Phi) is 4.60. The van der Waals surface area contributed by atoms with E-state index in [-0.39, 0.29) is 12.2 Å². The first-order chi connectivity index (χ1) is 9.36. The van der Waals surface area contributed by atoms with Gasteiger partial charge in [-0.2, -0.15) is 13.2 Å². The molecule has 2 aromatic carbocycles. The van der Waals surface area contributed by atoms with Crippen LogP contribution in [0, 0.1) is 0 Å². The van der Waals surface area contributed by atoms with Crippen LogP contribution in [0.15, 0.2) is 46.9 Å². The SMILES string of the molecule is FC(F)(F)c1ccc(Br)cc1NCc1cccc(Cl)c1. The lowest BCUT2D eigenvalue weighted by Crippen LogP contribution is -2.10. The second-order valence-electron chi connectivity index (χ2n) is 4.17. The van der Waals surface area contributed by atoms with Crippen LogP contribution in [-0.2, 0) is 12.7 Å². The first kappa shape index (κ1) is 15.2. The second kappa shape index (κ2) is 6.06. The van der Waals surface area contributed by atoms with E-state index in [4.69, 9.17) is 11.6 Å². The highest BCUT2D eigenvalue weighted by atomic mass is 79.9. The average molecular weight is 365 g/mol. The Morgan fingerprint density at radius 1 is 1.10 bits per heavy atom. The average Bonchev–Trinajstić information content (AvgIpc) is 2.35. The van der Waals surface area contributed by atoms with Crippen molar-refractivity contribution in [1.29, 1.82) is 0 Å². The van der Waals surface area contributed by atoms with Crippen LogP contribution in [0.25, 0.3) is 0 Å². The minimum absolute atomic E-state index is 0.0341. The molecule has 2 rings (SSSR count). The fraction of sp³-hybridized carbons (Fsp3) is 0.143. The number of hydrogen-bond acceptors (Lipinski definition) is 1. The summed E-state index contributed by atoms with van der Waals surface area (Å²) in [6.07, 6.45) is -4.39. The van der Waals surface area contributed by atoms with Gasteiger partial charge in [0.05, 0.1) is 5.56 Å². The van der Waals surface area contributed by atoms with Crippen LogP contribution in [0.4, 0.5) is 18.9 Å². The maximum atomic E-state index is 12.9. The van der Waals surface area contributed by atoms with E-state index in [2.05, 4.69) is 21.2 Å². The van der Waals surface area contributed by atoms with E-state index in [9.17, 15) is 13.2 Å². The lowest BCUT2D eigenvalue weighted by atomic mass is 10.1. The quantitative estimate of drug-likeness (QED) is 0.733. The Morgan fingerprint density at radius 3 is 2.50 bits per heavy atom. The zero-order chi connectivity index (χ0) is 14.8. The molecule has 0 aromatic heterocycles. The Labute approximate surface area is 127 Å². The molecule has 0 heterocycles. The molecule has 0 amide bonds. The van der Waals surface area contributed by atoms with Crippen LogP contribution >= 0.6 is 27.5 Å². The molecule has 0 aliphatic rings. The van der Waals surface area contributed by atoms with Gasteiger partial charge < -0.3 is 5.32 Å². The van der Waals surface area contributed by atoms with Gasteiger partial charge in [-0.3, -0.25) is 0 Å². The molecule has 0 spiro atoms. The molecule has 0 aliphatic heterocycles. The summed E-state index contributed by atoms with van der Waals surface area (Å²) in [6, 6.07) is 10.8. The summed E-state index contributed by atoms with van der Waals surface area (Å²) in [7, 11) is 0. The Bertz CT molecular complexity index is 614. The number of halogens is 5. The van der Waals surface area contributed by atoms with Gasteiger partial charge in [-0.25, -0.2) is 0 Å². The van der Waals surface area contributed by atoms with Crippen molar-refractivity contribution in [3.63, 3.8) is 0 Å². The molecule has 2 aromatic rings. The molecule has 1 nitrogen and oxygen atoms in total. The zero-order valence-corrected chi connectivity index (χ0v) is 12.5. The van der Waals surface area contributed by atoms with Crippen LogP contribution in [0.2, 0.25) is 5.02 Å². The van der Waals surface area contributed by atoms with Gasteiger partial charge in [0.1, 0.15) is 0 Å². The van der Waals surface area contributed by atoms with Gasteiger partial charge in [0, 0.05) is 21.7 Å². The van der Waals surface area contributed by atoms with Gasteiger partial charge in [0.25, 0.3) is 0 Å². The number of rotatable bonds is 3. The molecule has 0 unspecified atom stereocenters. The molecule has 0 saturated heterocycles. The lowest BCUT2D eigenvalue weighted by molar-refractivity contribution is -0.137. The second-order valence-corrected chi connectivity index (χ2v) is 5.52. The molecule has 20 heavy (non-hydrogen) atoms. The van der Waals surface area contributed by atoms with Gasteiger partial charge in [-0.1, -0.05) is 39.7 Å². The van der Waals surface area contributed by atoms with Crippen molar-refractivity contribution < 1.29 is 13.2 Å². The van der Waals surface area contributed by atoms with E-state index in [1.165, 1.54) is 12.1 Å². The largest absolute Gasteiger partial charge is 0.418 e. The van der Waals surface area contributed by atoms with Crippen LogP contribution in [0.1, 0.15) is 11.1 Å². The minimum atomic E-state index is -4.39. The summed E-state index contributed by atoms with van der Waals surface area (Å²) in [5, 5.41) is 3.35. The molecule has 0 fully saturated rings. The molecule has 0 radical (unpaired) electrons. The number of benzene rings is 2. The highest BCUT2D eigenvalue weighted by Crippen LogP contribution is 2.36. The summed E-state index contributed by atoms with van der Waals surface area (Å²) < 4.78 is 39.3. The predicted octanol–water partition coefficient (Wildman–Crippen LogP) is 5.73. The molecule has 0 aliphatic carbocycles. The van der Waals surface area contributed by atoms with Gasteiger partial charge >= 0.3 is 6.18 Å². The third kappa shape index (κ3) is 3.90. The molecule has 1 N–H and O–H groups in total. The molecule has 6 heteroatoms. The minimum Gasteiger partial charge on any atom is -0.380 e.